The summed E-state index contributed by atoms with van der Waals surface area (Å²) in [7, 11) is -0.188. The highest BCUT2D eigenvalue weighted by Crippen LogP contribution is 2.29. The molecule has 2 fully saturated rings. The lowest BCUT2D eigenvalue weighted by molar-refractivity contribution is -0.125. The maximum absolute atomic E-state index is 12.3. The van der Waals surface area contributed by atoms with E-state index in [-0.39, 0.29) is 12.5 Å². The Labute approximate surface area is 185 Å². The molecule has 2 aliphatic rings. The number of sulfonamides is 1. The van der Waals surface area contributed by atoms with Gasteiger partial charge in [0.15, 0.2) is 0 Å². The van der Waals surface area contributed by atoms with E-state index in [1.165, 1.54) is 10.6 Å². The summed E-state index contributed by atoms with van der Waals surface area (Å²) >= 11 is 0. The number of hydrogen-bond acceptors (Lipinski definition) is 7. The van der Waals surface area contributed by atoms with Crippen molar-refractivity contribution in [3.05, 3.63) is 24.3 Å². The van der Waals surface area contributed by atoms with Crippen molar-refractivity contribution in [3.8, 4) is 5.75 Å². The summed E-state index contributed by atoms with van der Waals surface area (Å²) in [5, 5.41) is 13.9. The third-order valence-electron chi connectivity index (χ3n) is 6.30. The number of methoxy groups -OCH3 is 1. The van der Waals surface area contributed by atoms with Crippen molar-refractivity contribution in [2.75, 3.05) is 71.1 Å². The van der Waals surface area contributed by atoms with Crippen LogP contribution in [0.15, 0.2) is 24.3 Å². The summed E-state index contributed by atoms with van der Waals surface area (Å²) in [6.07, 6.45) is 2.39. The number of aliphatic hydroxyl groups is 1. The Morgan fingerprint density at radius 2 is 1.81 bits per heavy atom. The molecule has 2 aliphatic heterocycles. The van der Waals surface area contributed by atoms with E-state index in [4.69, 9.17) is 4.74 Å². The van der Waals surface area contributed by atoms with Crippen LogP contribution in [0.2, 0.25) is 0 Å². The minimum absolute atomic E-state index is 0.165. The molecule has 2 N–H and O–H groups in total. The molecule has 0 spiro atoms. The Bertz CT molecular complexity index is 853. The number of rotatable bonds is 6. The highest BCUT2D eigenvalue weighted by Gasteiger charge is 2.37. The highest BCUT2D eigenvalue weighted by atomic mass is 32.2. The van der Waals surface area contributed by atoms with E-state index in [9.17, 15) is 18.3 Å². The number of ether oxygens (including phenoxy) is 1. The second kappa shape index (κ2) is 9.72. The van der Waals surface area contributed by atoms with Crippen LogP contribution >= 0.6 is 0 Å². The van der Waals surface area contributed by atoms with Crippen molar-refractivity contribution < 1.29 is 23.1 Å². The predicted molar refractivity (Wildman–Crippen MR) is 120 cm³/mol. The summed E-state index contributed by atoms with van der Waals surface area (Å²) in [5.41, 5.74) is 0.234. The van der Waals surface area contributed by atoms with Crippen LogP contribution in [0.5, 0.6) is 5.75 Å². The number of carbonyl (C=O) groups is 1. The molecule has 0 radical (unpaired) electrons. The van der Waals surface area contributed by atoms with Crippen LogP contribution in [-0.2, 0) is 14.8 Å². The number of β-amino-alcohol motifs (C(OH)–C–C–N with tert-alkyl or cyclic N) is 1. The smallest absolute Gasteiger partial charge is 0.225 e. The normalized spacial score (nSPS) is 23.2. The molecule has 1 aromatic carbocycles. The lowest BCUT2D eigenvalue weighted by Crippen LogP contribution is -2.52. The van der Waals surface area contributed by atoms with Crippen LogP contribution in [-0.4, -0.2) is 100 Å². The van der Waals surface area contributed by atoms with Crippen LogP contribution in [0.1, 0.15) is 12.8 Å². The van der Waals surface area contributed by atoms with Gasteiger partial charge in [-0.1, -0.05) is 0 Å². The first-order valence-electron chi connectivity index (χ1n) is 10.6. The zero-order valence-corrected chi connectivity index (χ0v) is 19.4. The summed E-state index contributed by atoms with van der Waals surface area (Å²) in [6.45, 7) is 3.28. The Morgan fingerprint density at radius 1 is 1.16 bits per heavy atom. The molecule has 1 aromatic rings. The van der Waals surface area contributed by atoms with Crippen molar-refractivity contribution in [2.45, 2.75) is 18.4 Å². The molecule has 9 nitrogen and oxygen atoms in total. The molecule has 0 aromatic heterocycles. The number of hydrogen-bond donors (Lipinski definition) is 2. The average molecular weight is 455 g/mol. The molecular weight excluding hydrogens is 420 g/mol. The van der Waals surface area contributed by atoms with Gasteiger partial charge in [-0.15, -0.1) is 0 Å². The van der Waals surface area contributed by atoms with E-state index in [1.54, 1.807) is 14.2 Å². The molecule has 1 amide bonds. The van der Waals surface area contributed by atoms with Crippen molar-refractivity contribution in [2.24, 2.45) is 5.92 Å². The van der Waals surface area contributed by atoms with Gasteiger partial charge in [0, 0.05) is 58.5 Å². The molecule has 1 atom stereocenters. The molecule has 0 bridgehead atoms. The fraction of sp³-hybridized carbons (Fsp3) is 0.667. The molecule has 2 heterocycles. The van der Waals surface area contributed by atoms with E-state index in [1.807, 2.05) is 29.2 Å². The number of amides is 1. The van der Waals surface area contributed by atoms with Crippen molar-refractivity contribution >= 4 is 21.6 Å². The lowest BCUT2D eigenvalue weighted by Gasteiger charge is -2.42. The van der Waals surface area contributed by atoms with Crippen molar-refractivity contribution in [1.29, 1.82) is 0 Å². The van der Waals surface area contributed by atoms with E-state index in [0.717, 1.165) is 24.5 Å². The summed E-state index contributed by atoms with van der Waals surface area (Å²) in [6, 6.07) is 7.90. The highest BCUT2D eigenvalue weighted by molar-refractivity contribution is 7.88. The Morgan fingerprint density at radius 3 is 2.35 bits per heavy atom. The van der Waals surface area contributed by atoms with Crippen molar-refractivity contribution in [3.63, 3.8) is 0 Å². The Balaban J connectivity index is 1.63. The minimum Gasteiger partial charge on any atom is -0.497 e. The van der Waals surface area contributed by atoms with E-state index in [0.29, 0.717) is 39.0 Å². The van der Waals surface area contributed by atoms with Gasteiger partial charge < -0.3 is 20.1 Å². The number of carbonyl (C=O) groups excluding carboxylic acids is 1. The number of anilines is 1. The van der Waals surface area contributed by atoms with Gasteiger partial charge in [-0.2, -0.15) is 0 Å². The first-order valence-corrected chi connectivity index (χ1v) is 12.5. The first-order chi connectivity index (χ1) is 14.6. The SMILES string of the molecule is CNC(=O)C1CN(CC2(O)CCN(c3ccc(OC)cc3)CC2)CCN(S(C)(=O)=O)C1. The van der Waals surface area contributed by atoms with Crippen LogP contribution in [0.3, 0.4) is 0 Å². The van der Waals surface area contributed by atoms with Gasteiger partial charge in [0.2, 0.25) is 15.9 Å². The molecule has 174 valence electrons. The monoisotopic (exact) mass is 454 g/mol. The molecule has 10 heteroatoms. The number of nitrogens with zero attached hydrogens (tertiary/aromatic N) is 3. The van der Waals surface area contributed by atoms with Gasteiger partial charge in [0.05, 0.1) is 24.9 Å². The lowest BCUT2D eigenvalue weighted by atomic mass is 9.90. The molecule has 0 aliphatic carbocycles. The van der Waals surface area contributed by atoms with Gasteiger partial charge >= 0.3 is 0 Å². The topological polar surface area (TPSA) is 102 Å². The molecule has 2 saturated heterocycles. The van der Waals surface area contributed by atoms with Gasteiger partial charge in [0.1, 0.15) is 5.75 Å². The summed E-state index contributed by atoms with van der Waals surface area (Å²) < 4.78 is 30.7. The van der Waals surface area contributed by atoms with Gasteiger partial charge in [-0.05, 0) is 37.1 Å². The summed E-state index contributed by atoms with van der Waals surface area (Å²) in [4.78, 5) is 16.6. The zero-order valence-electron chi connectivity index (χ0n) is 18.6. The third-order valence-corrected chi connectivity index (χ3v) is 7.57. The van der Waals surface area contributed by atoms with Crippen LogP contribution in [0.4, 0.5) is 5.69 Å². The minimum atomic E-state index is -3.39. The Hall–Kier alpha value is -1.88. The number of piperidine rings is 1. The second-order valence-electron chi connectivity index (χ2n) is 8.58. The fourth-order valence-corrected chi connectivity index (χ4v) is 5.28. The van der Waals surface area contributed by atoms with Gasteiger partial charge in [0.25, 0.3) is 0 Å². The molecular formula is C21H34N4O5S. The standard InChI is InChI=1S/C21H34N4O5S/c1-22-20(26)17-14-23(12-13-25(15-17)31(3,28)29)16-21(27)8-10-24(11-9-21)18-4-6-19(30-2)7-5-18/h4-7,17,27H,8-16H2,1-3H3,(H,22,26). The van der Waals surface area contributed by atoms with E-state index < -0.39 is 21.5 Å². The maximum atomic E-state index is 12.3. The molecule has 3 rings (SSSR count). The fourth-order valence-electron chi connectivity index (χ4n) is 4.41. The largest absolute Gasteiger partial charge is 0.497 e. The number of nitrogens with one attached hydrogen (secondary N) is 1. The molecule has 1 unspecified atom stereocenters. The molecule has 0 saturated carbocycles. The summed E-state index contributed by atoms with van der Waals surface area (Å²) in [5.74, 6) is 0.166. The third kappa shape index (κ3) is 6.09. The average Bonchev–Trinajstić information content (AvgIpc) is 2.96. The maximum Gasteiger partial charge on any atom is 0.225 e. The van der Waals surface area contributed by atoms with Crippen molar-refractivity contribution in [1.82, 2.24) is 14.5 Å². The predicted octanol–water partition coefficient (Wildman–Crippen LogP) is -0.0341. The van der Waals surface area contributed by atoms with Crippen LogP contribution in [0.25, 0.3) is 0 Å². The van der Waals surface area contributed by atoms with Crippen LogP contribution in [0, 0.1) is 5.92 Å². The van der Waals surface area contributed by atoms with E-state index >= 15 is 0 Å². The van der Waals surface area contributed by atoms with E-state index in [2.05, 4.69) is 10.2 Å². The van der Waals surface area contributed by atoms with Crippen LogP contribution < -0.4 is 15.0 Å². The number of benzene rings is 1. The first kappa shape index (κ1) is 23.8. The zero-order chi connectivity index (χ0) is 22.6. The quantitative estimate of drug-likeness (QED) is 0.622. The second-order valence-corrected chi connectivity index (χ2v) is 10.6. The Kier molecular flexibility index (Phi) is 7.46. The van der Waals surface area contributed by atoms with Gasteiger partial charge in [-0.3, -0.25) is 9.69 Å². The molecule has 31 heavy (non-hydrogen) atoms. The van der Waals surface area contributed by atoms with Gasteiger partial charge in [-0.25, -0.2) is 12.7 Å².